The highest BCUT2D eigenvalue weighted by Gasteiger charge is 2.18. The van der Waals surface area contributed by atoms with Gasteiger partial charge in [0, 0.05) is 18.7 Å². The molecule has 1 aliphatic heterocycles. The molecule has 0 bridgehead atoms. The van der Waals surface area contributed by atoms with Crippen LogP contribution >= 0.6 is 0 Å². The zero-order valence-corrected chi connectivity index (χ0v) is 9.13. The SMILES string of the molecule is COc1ccc(C)c2c1CCN(C)C2. The lowest BCUT2D eigenvalue weighted by Gasteiger charge is -2.27. The Morgan fingerprint density at radius 2 is 2.07 bits per heavy atom. The number of hydrogen-bond acceptors (Lipinski definition) is 2. The molecule has 2 rings (SSSR count). The van der Waals surface area contributed by atoms with E-state index in [1.165, 1.54) is 16.7 Å². The summed E-state index contributed by atoms with van der Waals surface area (Å²) in [6, 6.07) is 4.23. The third-order valence-corrected chi connectivity index (χ3v) is 3.01. The van der Waals surface area contributed by atoms with E-state index in [-0.39, 0.29) is 0 Å². The van der Waals surface area contributed by atoms with Crippen LogP contribution in [0.1, 0.15) is 16.7 Å². The molecule has 0 aromatic heterocycles. The maximum atomic E-state index is 5.38. The molecule has 1 aliphatic rings. The average Bonchev–Trinajstić information content (AvgIpc) is 2.19. The van der Waals surface area contributed by atoms with E-state index in [9.17, 15) is 0 Å². The van der Waals surface area contributed by atoms with Crippen molar-refractivity contribution in [3.05, 3.63) is 28.8 Å². The molecule has 0 atom stereocenters. The molecule has 2 nitrogen and oxygen atoms in total. The minimum absolute atomic E-state index is 1.05. The summed E-state index contributed by atoms with van der Waals surface area (Å²) in [5.41, 5.74) is 4.25. The number of rotatable bonds is 1. The summed E-state index contributed by atoms with van der Waals surface area (Å²) in [6.45, 7) is 4.36. The Morgan fingerprint density at radius 3 is 2.79 bits per heavy atom. The van der Waals surface area contributed by atoms with E-state index in [2.05, 4.69) is 31.0 Å². The highest BCUT2D eigenvalue weighted by molar-refractivity contribution is 5.46. The van der Waals surface area contributed by atoms with Crippen LogP contribution < -0.4 is 4.74 Å². The lowest BCUT2D eigenvalue weighted by molar-refractivity contribution is 0.305. The number of ether oxygens (including phenoxy) is 1. The number of fused-ring (bicyclic) bond motifs is 1. The number of aryl methyl sites for hydroxylation is 1. The molecule has 14 heavy (non-hydrogen) atoms. The van der Waals surface area contributed by atoms with Gasteiger partial charge in [0.1, 0.15) is 5.75 Å². The first kappa shape index (κ1) is 9.53. The summed E-state index contributed by atoms with van der Waals surface area (Å²) < 4.78 is 5.38. The Morgan fingerprint density at radius 1 is 1.29 bits per heavy atom. The monoisotopic (exact) mass is 191 g/mol. The van der Waals surface area contributed by atoms with Gasteiger partial charge in [-0.05, 0) is 37.6 Å². The minimum atomic E-state index is 1.05. The molecule has 0 N–H and O–H groups in total. The standard InChI is InChI=1S/C12H17NO/c1-9-4-5-12(14-3)10-6-7-13(2)8-11(9)10/h4-5H,6-8H2,1-3H3. The summed E-state index contributed by atoms with van der Waals surface area (Å²) in [6.07, 6.45) is 1.11. The van der Waals surface area contributed by atoms with Crippen LogP contribution in [0, 0.1) is 6.92 Å². The van der Waals surface area contributed by atoms with E-state index >= 15 is 0 Å². The van der Waals surface area contributed by atoms with Crippen LogP contribution in [0.3, 0.4) is 0 Å². The average molecular weight is 191 g/mol. The second kappa shape index (κ2) is 3.62. The van der Waals surface area contributed by atoms with E-state index < -0.39 is 0 Å². The Balaban J connectivity index is 2.49. The van der Waals surface area contributed by atoms with Crippen LogP contribution in [0.5, 0.6) is 5.75 Å². The Hall–Kier alpha value is -1.02. The van der Waals surface area contributed by atoms with Gasteiger partial charge in [-0.15, -0.1) is 0 Å². The third-order valence-electron chi connectivity index (χ3n) is 3.01. The Kier molecular flexibility index (Phi) is 2.46. The van der Waals surface area contributed by atoms with Crippen molar-refractivity contribution in [1.29, 1.82) is 0 Å². The lowest BCUT2D eigenvalue weighted by Crippen LogP contribution is -2.27. The topological polar surface area (TPSA) is 12.5 Å². The third kappa shape index (κ3) is 1.50. The molecule has 0 aliphatic carbocycles. The van der Waals surface area contributed by atoms with Crippen molar-refractivity contribution < 1.29 is 4.74 Å². The van der Waals surface area contributed by atoms with Gasteiger partial charge in [0.2, 0.25) is 0 Å². The molecule has 0 saturated carbocycles. The normalized spacial score (nSPS) is 16.5. The molecule has 0 spiro atoms. The number of nitrogens with zero attached hydrogens (tertiary/aromatic N) is 1. The van der Waals surface area contributed by atoms with Gasteiger partial charge in [0.05, 0.1) is 7.11 Å². The maximum Gasteiger partial charge on any atom is 0.122 e. The molecule has 0 radical (unpaired) electrons. The highest BCUT2D eigenvalue weighted by atomic mass is 16.5. The number of benzene rings is 1. The second-order valence-corrected chi connectivity index (χ2v) is 4.03. The molecule has 0 unspecified atom stereocenters. The van der Waals surface area contributed by atoms with Crippen LogP contribution in [0.25, 0.3) is 0 Å². The smallest absolute Gasteiger partial charge is 0.122 e. The zero-order chi connectivity index (χ0) is 10.1. The van der Waals surface area contributed by atoms with E-state index in [0.29, 0.717) is 0 Å². The molecule has 0 saturated heterocycles. The van der Waals surface area contributed by atoms with Crippen molar-refractivity contribution >= 4 is 0 Å². The van der Waals surface area contributed by atoms with Crippen LogP contribution in [0.2, 0.25) is 0 Å². The summed E-state index contributed by atoms with van der Waals surface area (Å²) in [5, 5.41) is 0. The van der Waals surface area contributed by atoms with Gasteiger partial charge >= 0.3 is 0 Å². The number of likely N-dealkylation sites (N-methyl/N-ethyl adjacent to an activating group) is 1. The fourth-order valence-electron chi connectivity index (χ4n) is 2.13. The predicted molar refractivity (Wildman–Crippen MR) is 57.8 cm³/mol. The van der Waals surface area contributed by atoms with Gasteiger partial charge < -0.3 is 9.64 Å². The van der Waals surface area contributed by atoms with Gasteiger partial charge in [-0.25, -0.2) is 0 Å². The molecule has 1 heterocycles. The van der Waals surface area contributed by atoms with Gasteiger partial charge in [-0.3, -0.25) is 0 Å². The molecule has 0 amide bonds. The van der Waals surface area contributed by atoms with Crippen molar-refractivity contribution in [2.75, 3.05) is 20.7 Å². The largest absolute Gasteiger partial charge is 0.496 e. The summed E-state index contributed by atoms with van der Waals surface area (Å²) in [4.78, 5) is 2.36. The van der Waals surface area contributed by atoms with Gasteiger partial charge in [0.25, 0.3) is 0 Å². The summed E-state index contributed by atoms with van der Waals surface area (Å²) in [5.74, 6) is 1.05. The van der Waals surface area contributed by atoms with Crippen molar-refractivity contribution in [3.63, 3.8) is 0 Å². The fraction of sp³-hybridized carbons (Fsp3) is 0.500. The minimum Gasteiger partial charge on any atom is -0.496 e. The van der Waals surface area contributed by atoms with Crippen molar-refractivity contribution in [2.45, 2.75) is 19.9 Å². The van der Waals surface area contributed by atoms with Crippen LogP contribution in [0.15, 0.2) is 12.1 Å². The predicted octanol–water partition coefficient (Wildman–Crippen LogP) is 1.99. The van der Waals surface area contributed by atoms with Crippen molar-refractivity contribution in [1.82, 2.24) is 4.90 Å². The maximum absolute atomic E-state index is 5.38. The first-order valence-corrected chi connectivity index (χ1v) is 5.06. The zero-order valence-electron chi connectivity index (χ0n) is 9.13. The Labute approximate surface area is 85.5 Å². The molecule has 76 valence electrons. The van der Waals surface area contributed by atoms with Crippen LogP contribution in [-0.2, 0) is 13.0 Å². The van der Waals surface area contributed by atoms with Gasteiger partial charge in [-0.1, -0.05) is 6.07 Å². The van der Waals surface area contributed by atoms with E-state index in [1.807, 2.05) is 0 Å². The quantitative estimate of drug-likeness (QED) is 0.673. The molecule has 1 aromatic rings. The molecule has 0 fully saturated rings. The second-order valence-electron chi connectivity index (χ2n) is 4.03. The first-order chi connectivity index (χ1) is 6.72. The van der Waals surface area contributed by atoms with Crippen molar-refractivity contribution in [3.8, 4) is 5.75 Å². The van der Waals surface area contributed by atoms with Crippen LogP contribution in [0.4, 0.5) is 0 Å². The van der Waals surface area contributed by atoms with E-state index in [1.54, 1.807) is 7.11 Å². The molecule has 2 heteroatoms. The molecule has 1 aromatic carbocycles. The lowest BCUT2D eigenvalue weighted by atomic mass is 9.95. The molecular weight excluding hydrogens is 174 g/mol. The van der Waals surface area contributed by atoms with Crippen molar-refractivity contribution in [2.24, 2.45) is 0 Å². The van der Waals surface area contributed by atoms with Crippen LogP contribution in [-0.4, -0.2) is 25.6 Å². The molecular formula is C12H17NO. The van der Waals surface area contributed by atoms with Gasteiger partial charge in [0.15, 0.2) is 0 Å². The van der Waals surface area contributed by atoms with E-state index in [0.717, 1.165) is 25.3 Å². The summed E-state index contributed by atoms with van der Waals surface area (Å²) >= 11 is 0. The first-order valence-electron chi connectivity index (χ1n) is 5.06. The highest BCUT2D eigenvalue weighted by Crippen LogP contribution is 2.29. The number of hydrogen-bond donors (Lipinski definition) is 0. The Bertz CT molecular complexity index is 346. The fourth-order valence-corrected chi connectivity index (χ4v) is 2.13. The summed E-state index contributed by atoms with van der Waals surface area (Å²) in [7, 11) is 3.92. The number of methoxy groups -OCH3 is 1. The van der Waals surface area contributed by atoms with Gasteiger partial charge in [-0.2, -0.15) is 0 Å². The van der Waals surface area contributed by atoms with E-state index in [4.69, 9.17) is 4.74 Å².